The van der Waals surface area contributed by atoms with Crippen LogP contribution in [0.3, 0.4) is 0 Å². The van der Waals surface area contributed by atoms with Crippen molar-refractivity contribution in [3.8, 4) is 0 Å². The zero-order valence-electron chi connectivity index (χ0n) is 13.4. The number of carbonyl (C=O) groups excluding carboxylic acids is 1. The van der Waals surface area contributed by atoms with Crippen LogP contribution in [-0.2, 0) is 17.8 Å². The number of likely N-dealkylation sites (N-methyl/N-ethyl adjacent to an activating group) is 1. The van der Waals surface area contributed by atoms with Crippen molar-refractivity contribution in [2.24, 2.45) is 0 Å². The van der Waals surface area contributed by atoms with Crippen LogP contribution < -0.4 is 0 Å². The number of nitro benzene ring substituents is 1. The summed E-state index contributed by atoms with van der Waals surface area (Å²) in [4.78, 5) is 24.9. The Hall–Kier alpha value is -2.69. The van der Waals surface area contributed by atoms with Crippen LogP contribution in [0, 0.1) is 17.0 Å². The van der Waals surface area contributed by atoms with Gasteiger partial charge >= 0.3 is 0 Å². The summed E-state index contributed by atoms with van der Waals surface area (Å²) in [6, 6.07) is 14.3. The molecule has 0 unspecified atom stereocenters. The molecule has 5 nitrogen and oxygen atoms in total. The summed E-state index contributed by atoms with van der Waals surface area (Å²) in [6.45, 7) is 5.00. The predicted octanol–water partition coefficient (Wildman–Crippen LogP) is 3.49. The van der Waals surface area contributed by atoms with Crippen molar-refractivity contribution in [3.05, 3.63) is 75.3 Å². The number of nitrogens with zero attached hydrogens (tertiary/aromatic N) is 2. The second-order valence-electron chi connectivity index (χ2n) is 5.40. The van der Waals surface area contributed by atoms with E-state index in [1.165, 1.54) is 6.07 Å². The number of amides is 1. The number of carbonyl (C=O) groups is 1. The van der Waals surface area contributed by atoms with Crippen molar-refractivity contribution >= 4 is 11.6 Å². The van der Waals surface area contributed by atoms with Gasteiger partial charge in [0.05, 0.1) is 11.3 Å². The van der Waals surface area contributed by atoms with Crippen molar-refractivity contribution in [2.45, 2.75) is 26.8 Å². The van der Waals surface area contributed by atoms with E-state index in [9.17, 15) is 14.9 Å². The van der Waals surface area contributed by atoms with Crippen LogP contribution in [0.4, 0.5) is 5.69 Å². The first-order valence-electron chi connectivity index (χ1n) is 7.57. The summed E-state index contributed by atoms with van der Waals surface area (Å²) < 4.78 is 0. The van der Waals surface area contributed by atoms with E-state index in [0.717, 1.165) is 11.1 Å². The minimum Gasteiger partial charge on any atom is -0.338 e. The average molecular weight is 312 g/mol. The Morgan fingerprint density at radius 1 is 1.09 bits per heavy atom. The van der Waals surface area contributed by atoms with E-state index < -0.39 is 4.92 Å². The molecule has 1 amide bonds. The maximum absolute atomic E-state index is 12.5. The number of hydrogen-bond acceptors (Lipinski definition) is 3. The van der Waals surface area contributed by atoms with Gasteiger partial charge in [-0.1, -0.05) is 42.5 Å². The highest BCUT2D eigenvalue weighted by molar-refractivity contribution is 5.80. The number of benzene rings is 2. The molecule has 2 aromatic carbocycles. The Morgan fingerprint density at radius 3 is 2.30 bits per heavy atom. The number of rotatable bonds is 6. The third-order valence-corrected chi connectivity index (χ3v) is 3.89. The maximum atomic E-state index is 12.5. The van der Waals surface area contributed by atoms with Crippen LogP contribution in [0.1, 0.15) is 23.6 Å². The molecule has 0 saturated heterocycles. The molecule has 2 aromatic rings. The number of para-hydroxylation sites is 1. The normalized spacial score (nSPS) is 10.3. The molecular weight excluding hydrogens is 292 g/mol. The second kappa shape index (κ2) is 7.54. The second-order valence-corrected chi connectivity index (χ2v) is 5.40. The van der Waals surface area contributed by atoms with Crippen molar-refractivity contribution in [2.75, 3.05) is 6.54 Å². The molecule has 0 spiro atoms. The van der Waals surface area contributed by atoms with E-state index in [2.05, 4.69) is 0 Å². The van der Waals surface area contributed by atoms with Gasteiger partial charge in [-0.05, 0) is 25.0 Å². The fourth-order valence-electron chi connectivity index (χ4n) is 2.48. The lowest BCUT2D eigenvalue weighted by Gasteiger charge is -2.22. The molecule has 23 heavy (non-hydrogen) atoms. The summed E-state index contributed by atoms with van der Waals surface area (Å²) in [5.41, 5.74) is 2.66. The minimum atomic E-state index is -0.444. The van der Waals surface area contributed by atoms with Gasteiger partial charge in [-0.3, -0.25) is 14.9 Å². The molecular formula is C18H20N2O3. The highest BCUT2D eigenvalue weighted by Crippen LogP contribution is 2.19. The molecule has 0 fully saturated rings. The number of aryl methyl sites for hydroxylation is 1. The molecule has 0 N–H and O–H groups in total. The smallest absolute Gasteiger partial charge is 0.273 e. The van der Waals surface area contributed by atoms with Crippen molar-refractivity contribution in [1.82, 2.24) is 4.90 Å². The Kier molecular flexibility index (Phi) is 5.46. The van der Waals surface area contributed by atoms with E-state index in [1.807, 2.05) is 38.1 Å². The quantitative estimate of drug-likeness (QED) is 0.606. The van der Waals surface area contributed by atoms with Crippen LogP contribution in [0.5, 0.6) is 0 Å². The average Bonchev–Trinajstić information content (AvgIpc) is 2.54. The molecule has 0 heterocycles. The van der Waals surface area contributed by atoms with Gasteiger partial charge in [-0.15, -0.1) is 0 Å². The Morgan fingerprint density at radius 2 is 1.70 bits per heavy atom. The van der Waals surface area contributed by atoms with Gasteiger partial charge in [-0.25, -0.2) is 0 Å². The fraction of sp³-hybridized carbons (Fsp3) is 0.278. The molecule has 0 aliphatic carbocycles. The first-order valence-corrected chi connectivity index (χ1v) is 7.57. The van der Waals surface area contributed by atoms with Crippen molar-refractivity contribution < 1.29 is 9.72 Å². The zero-order chi connectivity index (χ0) is 16.8. The molecule has 0 aliphatic rings. The number of nitro groups is 1. The van der Waals surface area contributed by atoms with Gasteiger partial charge < -0.3 is 4.90 Å². The fourth-order valence-corrected chi connectivity index (χ4v) is 2.48. The summed E-state index contributed by atoms with van der Waals surface area (Å²) in [6.07, 6.45) is 0.0386. The summed E-state index contributed by atoms with van der Waals surface area (Å²) in [5.74, 6) is -0.106. The Balaban J connectivity index is 2.15. The van der Waals surface area contributed by atoms with Gasteiger partial charge in [0, 0.05) is 24.7 Å². The zero-order valence-corrected chi connectivity index (χ0v) is 13.4. The highest BCUT2D eigenvalue weighted by atomic mass is 16.6. The van der Waals surface area contributed by atoms with Gasteiger partial charge in [-0.2, -0.15) is 0 Å². The third-order valence-electron chi connectivity index (χ3n) is 3.89. The van der Waals surface area contributed by atoms with Crippen LogP contribution in [0.25, 0.3) is 0 Å². The Bertz CT molecular complexity index is 713. The van der Waals surface area contributed by atoms with Crippen LogP contribution >= 0.6 is 0 Å². The summed E-state index contributed by atoms with van der Waals surface area (Å²) >= 11 is 0. The predicted molar refractivity (Wildman–Crippen MR) is 89.1 cm³/mol. The van der Waals surface area contributed by atoms with Gasteiger partial charge in [0.1, 0.15) is 0 Å². The molecule has 0 aliphatic heterocycles. The van der Waals surface area contributed by atoms with Gasteiger partial charge in [0.2, 0.25) is 5.91 Å². The standard InChI is InChI=1S/C18H20N2O3/c1-3-19(13-16-10-5-4-8-14(16)2)18(21)12-15-9-6-7-11-17(15)20(22)23/h4-11H,3,12-13H2,1-2H3. The lowest BCUT2D eigenvalue weighted by molar-refractivity contribution is -0.385. The van der Waals surface area contributed by atoms with E-state index in [0.29, 0.717) is 18.7 Å². The van der Waals surface area contributed by atoms with Gasteiger partial charge in [0.15, 0.2) is 0 Å². The molecule has 0 atom stereocenters. The largest absolute Gasteiger partial charge is 0.338 e. The Labute approximate surface area is 135 Å². The van der Waals surface area contributed by atoms with E-state index in [1.54, 1.807) is 23.1 Å². The lowest BCUT2D eigenvalue weighted by Crippen LogP contribution is -2.32. The first kappa shape index (κ1) is 16.7. The third kappa shape index (κ3) is 4.16. The summed E-state index contributed by atoms with van der Waals surface area (Å²) in [5, 5.41) is 11.1. The lowest BCUT2D eigenvalue weighted by atomic mass is 10.1. The molecule has 0 saturated carbocycles. The van der Waals surface area contributed by atoms with E-state index in [-0.39, 0.29) is 18.0 Å². The number of hydrogen-bond donors (Lipinski definition) is 0. The first-order chi connectivity index (χ1) is 11.0. The van der Waals surface area contributed by atoms with E-state index >= 15 is 0 Å². The highest BCUT2D eigenvalue weighted by Gasteiger charge is 2.19. The van der Waals surface area contributed by atoms with Crippen LogP contribution in [0.2, 0.25) is 0 Å². The topological polar surface area (TPSA) is 63.5 Å². The molecule has 0 bridgehead atoms. The molecule has 0 aromatic heterocycles. The molecule has 120 valence electrons. The van der Waals surface area contributed by atoms with Crippen molar-refractivity contribution in [1.29, 1.82) is 0 Å². The van der Waals surface area contributed by atoms with Crippen LogP contribution in [0.15, 0.2) is 48.5 Å². The molecule has 5 heteroatoms. The monoisotopic (exact) mass is 312 g/mol. The minimum absolute atomic E-state index is 0.00667. The van der Waals surface area contributed by atoms with E-state index in [4.69, 9.17) is 0 Å². The molecule has 2 rings (SSSR count). The molecule has 0 radical (unpaired) electrons. The summed E-state index contributed by atoms with van der Waals surface area (Å²) in [7, 11) is 0. The van der Waals surface area contributed by atoms with Gasteiger partial charge in [0.25, 0.3) is 5.69 Å². The van der Waals surface area contributed by atoms with Crippen LogP contribution in [-0.4, -0.2) is 22.3 Å². The maximum Gasteiger partial charge on any atom is 0.273 e. The SMILES string of the molecule is CCN(Cc1ccccc1C)C(=O)Cc1ccccc1[N+](=O)[O-]. The van der Waals surface area contributed by atoms with Crippen molar-refractivity contribution in [3.63, 3.8) is 0 Å².